The quantitative estimate of drug-likeness (QED) is 0.604. The third kappa shape index (κ3) is 1.99. The summed E-state index contributed by atoms with van der Waals surface area (Å²) in [7, 11) is 1.50. The van der Waals surface area contributed by atoms with Crippen molar-refractivity contribution in [2.45, 2.75) is 0 Å². The summed E-state index contributed by atoms with van der Waals surface area (Å²) in [6.07, 6.45) is 2.37. The Morgan fingerprint density at radius 2 is 2.33 bits per heavy atom. The molecule has 0 aliphatic heterocycles. The predicted molar refractivity (Wildman–Crippen MR) is 61.5 cm³/mol. The van der Waals surface area contributed by atoms with Crippen LogP contribution in [0.4, 0.5) is 5.69 Å². The van der Waals surface area contributed by atoms with Crippen molar-refractivity contribution < 1.29 is 9.66 Å². The van der Waals surface area contributed by atoms with E-state index in [0.717, 1.165) is 6.20 Å². The molecule has 0 N–H and O–H groups in total. The lowest BCUT2D eigenvalue weighted by Gasteiger charge is -2.06. The van der Waals surface area contributed by atoms with E-state index in [2.05, 4.69) is 5.10 Å². The molecule has 2 aromatic rings. The SMILES string of the molecule is COc1ccc(C#N)c(-n2cc([N+](=O)[O-])cn2)c1. The van der Waals surface area contributed by atoms with Gasteiger partial charge in [0, 0.05) is 6.07 Å². The first-order chi connectivity index (χ1) is 8.65. The van der Waals surface area contributed by atoms with E-state index < -0.39 is 4.92 Å². The number of ether oxygens (including phenoxy) is 1. The Bertz CT molecular complexity index is 642. The molecule has 1 aromatic heterocycles. The Kier molecular flexibility index (Phi) is 2.93. The van der Waals surface area contributed by atoms with Crippen molar-refractivity contribution in [2.75, 3.05) is 7.11 Å². The van der Waals surface area contributed by atoms with Gasteiger partial charge in [-0.1, -0.05) is 0 Å². The molecule has 7 heteroatoms. The Morgan fingerprint density at radius 1 is 1.56 bits per heavy atom. The van der Waals surface area contributed by atoms with Crippen LogP contribution in [0.5, 0.6) is 5.75 Å². The van der Waals surface area contributed by atoms with Crippen molar-refractivity contribution in [2.24, 2.45) is 0 Å². The van der Waals surface area contributed by atoms with Crippen molar-refractivity contribution in [1.29, 1.82) is 5.26 Å². The molecule has 0 saturated carbocycles. The zero-order chi connectivity index (χ0) is 13.1. The van der Waals surface area contributed by atoms with Crippen molar-refractivity contribution >= 4 is 5.69 Å². The highest BCUT2D eigenvalue weighted by Gasteiger charge is 2.13. The van der Waals surface area contributed by atoms with Gasteiger partial charge >= 0.3 is 5.69 Å². The molecule has 0 bridgehead atoms. The highest BCUT2D eigenvalue weighted by Crippen LogP contribution is 2.22. The van der Waals surface area contributed by atoms with Gasteiger partial charge in [0.1, 0.15) is 24.2 Å². The normalized spacial score (nSPS) is 9.78. The summed E-state index contributed by atoms with van der Waals surface area (Å²) in [4.78, 5) is 10.0. The van der Waals surface area contributed by atoms with Crippen molar-refractivity contribution in [1.82, 2.24) is 9.78 Å². The minimum Gasteiger partial charge on any atom is -0.497 e. The van der Waals surface area contributed by atoms with Crippen LogP contribution in [0.1, 0.15) is 5.56 Å². The number of nitro groups is 1. The molecular weight excluding hydrogens is 236 g/mol. The molecule has 0 radical (unpaired) electrons. The van der Waals surface area contributed by atoms with Crippen molar-refractivity contribution in [3.8, 4) is 17.5 Å². The van der Waals surface area contributed by atoms with Crippen molar-refractivity contribution in [3.05, 3.63) is 46.3 Å². The highest BCUT2D eigenvalue weighted by molar-refractivity contribution is 5.52. The van der Waals surface area contributed by atoms with Gasteiger partial charge in [0.05, 0.1) is 23.3 Å². The van der Waals surface area contributed by atoms with E-state index in [4.69, 9.17) is 10.00 Å². The average Bonchev–Trinajstić information content (AvgIpc) is 2.87. The zero-order valence-corrected chi connectivity index (χ0v) is 9.40. The summed E-state index contributed by atoms with van der Waals surface area (Å²) in [5.41, 5.74) is 0.653. The number of hydrogen-bond donors (Lipinski definition) is 0. The van der Waals surface area contributed by atoms with Crippen LogP contribution in [0, 0.1) is 21.4 Å². The highest BCUT2D eigenvalue weighted by atomic mass is 16.6. The maximum atomic E-state index is 10.6. The molecule has 0 amide bonds. The molecule has 2 rings (SSSR count). The fourth-order valence-electron chi connectivity index (χ4n) is 1.46. The molecule has 18 heavy (non-hydrogen) atoms. The van der Waals surface area contributed by atoms with Gasteiger partial charge in [0.15, 0.2) is 0 Å². The van der Waals surface area contributed by atoms with Gasteiger partial charge in [0.25, 0.3) is 0 Å². The molecule has 0 spiro atoms. The van der Waals surface area contributed by atoms with Crippen LogP contribution in [0.25, 0.3) is 5.69 Å². The maximum Gasteiger partial charge on any atom is 0.307 e. The van der Waals surface area contributed by atoms with Crippen LogP contribution >= 0.6 is 0 Å². The Balaban J connectivity index is 2.54. The van der Waals surface area contributed by atoms with Crippen LogP contribution in [-0.4, -0.2) is 21.8 Å². The molecule has 0 fully saturated rings. The topological polar surface area (TPSA) is 94.0 Å². The number of nitriles is 1. The molecule has 1 aromatic carbocycles. The number of methoxy groups -OCH3 is 1. The number of hydrogen-bond acceptors (Lipinski definition) is 5. The van der Waals surface area contributed by atoms with Gasteiger partial charge in [-0.05, 0) is 12.1 Å². The van der Waals surface area contributed by atoms with Crippen LogP contribution in [0.3, 0.4) is 0 Å². The lowest BCUT2D eigenvalue weighted by atomic mass is 10.2. The second kappa shape index (κ2) is 4.55. The molecule has 0 atom stereocenters. The van der Waals surface area contributed by atoms with Crippen LogP contribution in [0.2, 0.25) is 0 Å². The third-order valence-corrected chi connectivity index (χ3v) is 2.35. The van der Waals surface area contributed by atoms with E-state index in [1.54, 1.807) is 18.2 Å². The van der Waals surface area contributed by atoms with Crippen LogP contribution < -0.4 is 4.74 Å². The third-order valence-electron chi connectivity index (χ3n) is 2.35. The first kappa shape index (κ1) is 11.6. The molecule has 90 valence electrons. The van der Waals surface area contributed by atoms with Gasteiger partial charge < -0.3 is 4.74 Å². The standard InChI is InChI=1S/C11H8N4O3/c1-18-10-3-2-8(5-12)11(4-10)14-7-9(6-13-14)15(16)17/h2-4,6-7H,1H3. The second-order valence-corrected chi connectivity index (χ2v) is 3.40. The summed E-state index contributed by atoms with van der Waals surface area (Å²) in [6.45, 7) is 0. The minimum absolute atomic E-state index is 0.137. The number of rotatable bonds is 3. The second-order valence-electron chi connectivity index (χ2n) is 3.40. The van der Waals surface area contributed by atoms with Gasteiger partial charge in [-0.2, -0.15) is 10.4 Å². The molecule has 7 nitrogen and oxygen atoms in total. The van der Waals surface area contributed by atoms with Crippen LogP contribution in [0.15, 0.2) is 30.6 Å². The fraction of sp³-hybridized carbons (Fsp3) is 0.0909. The van der Waals surface area contributed by atoms with Gasteiger partial charge in [-0.3, -0.25) is 10.1 Å². The van der Waals surface area contributed by atoms with E-state index in [-0.39, 0.29) is 5.69 Å². The summed E-state index contributed by atoms with van der Waals surface area (Å²) in [5, 5.41) is 23.4. The number of benzene rings is 1. The number of aromatic nitrogens is 2. The van der Waals surface area contributed by atoms with E-state index in [9.17, 15) is 10.1 Å². The lowest BCUT2D eigenvalue weighted by molar-refractivity contribution is -0.384. The van der Waals surface area contributed by atoms with Gasteiger partial charge in [-0.15, -0.1) is 0 Å². The van der Waals surface area contributed by atoms with E-state index in [1.165, 1.54) is 18.0 Å². The summed E-state index contributed by atoms with van der Waals surface area (Å²) in [6, 6.07) is 6.80. The van der Waals surface area contributed by atoms with E-state index in [1.807, 2.05) is 6.07 Å². The van der Waals surface area contributed by atoms with E-state index in [0.29, 0.717) is 17.0 Å². The van der Waals surface area contributed by atoms with Crippen molar-refractivity contribution in [3.63, 3.8) is 0 Å². The fourth-order valence-corrected chi connectivity index (χ4v) is 1.46. The first-order valence-electron chi connectivity index (χ1n) is 4.93. The van der Waals surface area contributed by atoms with Gasteiger partial charge in [0.2, 0.25) is 0 Å². The monoisotopic (exact) mass is 244 g/mol. The first-order valence-corrected chi connectivity index (χ1v) is 4.93. The molecule has 0 aliphatic rings. The maximum absolute atomic E-state index is 10.6. The van der Waals surface area contributed by atoms with E-state index >= 15 is 0 Å². The smallest absolute Gasteiger partial charge is 0.307 e. The Labute approximate surface area is 102 Å². The lowest BCUT2D eigenvalue weighted by Crippen LogP contribution is -1.98. The predicted octanol–water partition coefficient (Wildman–Crippen LogP) is 1.66. The Hall–Kier alpha value is -2.88. The molecule has 1 heterocycles. The number of nitrogens with zero attached hydrogens (tertiary/aromatic N) is 4. The summed E-state index contributed by atoms with van der Waals surface area (Å²) >= 11 is 0. The molecule has 0 aliphatic carbocycles. The molecule has 0 saturated heterocycles. The van der Waals surface area contributed by atoms with Gasteiger partial charge in [-0.25, -0.2) is 4.68 Å². The largest absolute Gasteiger partial charge is 0.497 e. The zero-order valence-electron chi connectivity index (χ0n) is 9.40. The Morgan fingerprint density at radius 3 is 2.89 bits per heavy atom. The van der Waals surface area contributed by atoms with Crippen LogP contribution in [-0.2, 0) is 0 Å². The minimum atomic E-state index is -0.546. The summed E-state index contributed by atoms with van der Waals surface area (Å²) < 4.78 is 6.32. The molecule has 0 unspecified atom stereocenters. The summed E-state index contributed by atoms with van der Waals surface area (Å²) in [5.74, 6) is 0.544. The average molecular weight is 244 g/mol. The molecular formula is C11H8N4O3.